The summed E-state index contributed by atoms with van der Waals surface area (Å²) in [4.78, 5) is 46.2. The van der Waals surface area contributed by atoms with E-state index >= 15 is 0 Å². The molecule has 1 heterocycles. The molecule has 0 bridgehead atoms. The second kappa shape index (κ2) is 11.1. The summed E-state index contributed by atoms with van der Waals surface area (Å²) in [6.45, 7) is 0. The van der Waals surface area contributed by atoms with Crippen LogP contribution in [0.3, 0.4) is 0 Å². The molecule has 9 nitrogen and oxygen atoms in total. The Morgan fingerprint density at radius 2 is 0.667 bits per heavy atom. The molecule has 0 N–H and O–H groups in total. The van der Waals surface area contributed by atoms with Gasteiger partial charge in [0.05, 0.1) is 0 Å². The molecular weight excluding hydrogens is 533 g/mol. The number of aromatic nitrogens is 3. The van der Waals surface area contributed by atoms with E-state index in [9.17, 15) is 14.4 Å². The van der Waals surface area contributed by atoms with Crippen LogP contribution in [0.2, 0.25) is 0 Å². The Morgan fingerprint density at radius 3 is 0.861 bits per heavy atom. The van der Waals surface area contributed by atoms with Gasteiger partial charge in [0.1, 0.15) is 17.2 Å². The van der Waals surface area contributed by atoms with Gasteiger partial charge in [-0.2, -0.15) is 0 Å². The lowest BCUT2D eigenvalue weighted by Gasteiger charge is -2.10. The average molecular weight is 545 g/mol. The molecule has 0 amide bonds. The molecule has 0 aliphatic carbocycles. The summed E-state index contributed by atoms with van der Waals surface area (Å²) in [6.07, 6.45) is 0. The fourth-order valence-electron chi connectivity index (χ4n) is 2.74. The number of hydrogen-bond acceptors (Lipinski definition) is 9. The first-order valence-corrected chi connectivity index (χ1v) is 11.1. The third kappa shape index (κ3) is 6.54. The number of ether oxygens (including phenoxy) is 3. The Bertz CT molecular complexity index is 1240. The van der Waals surface area contributed by atoms with E-state index in [0.717, 1.165) is 0 Å². The fourth-order valence-corrected chi connectivity index (χ4v) is 3.11. The minimum atomic E-state index is -0.614. The van der Waals surface area contributed by atoms with Crippen molar-refractivity contribution in [2.24, 2.45) is 0 Å². The number of hydrogen-bond donors (Lipinski definition) is 0. The topological polar surface area (TPSA) is 118 Å². The Hall–Kier alpha value is -4.05. The van der Waals surface area contributed by atoms with Crippen molar-refractivity contribution in [3.63, 3.8) is 0 Å². The second-order valence-corrected chi connectivity index (χ2v) is 7.91. The van der Waals surface area contributed by atoms with Crippen LogP contribution < -0.4 is 14.2 Å². The van der Waals surface area contributed by atoms with E-state index in [1.54, 1.807) is 0 Å². The summed E-state index contributed by atoms with van der Waals surface area (Å²) in [7, 11) is 0. The van der Waals surface area contributed by atoms with E-state index < -0.39 is 15.7 Å². The van der Waals surface area contributed by atoms with Gasteiger partial charge in [0.2, 0.25) is 0 Å². The Balaban J connectivity index is 1.62. The van der Waals surface area contributed by atoms with Gasteiger partial charge in [-0.25, -0.2) is 0 Å². The van der Waals surface area contributed by atoms with E-state index in [0.29, 0.717) is 17.2 Å². The first-order valence-electron chi connectivity index (χ1n) is 9.96. The minimum absolute atomic E-state index is 0.180. The molecular formula is C24H12Cl3N3O6. The molecule has 12 heteroatoms. The van der Waals surface area contributed by atoms with Crippen molar-refractivity contribution < 1.29 is 28.6 Å². The summed E-state index contributed by atoms with van der Waals surface area (Å²) in [6, 6.07) is 17.3. The number of carbonyl (C=O) groups is 3. The lowest BCUT2D eigenvalue weighted by molar-refractivity contribution is 0.107. The molecule has 0 spiro atoms. The van der Waals surface area contributed by atoms with Gasteiger partial charge in [-0.15, -0.1) is 15.0 Å². The zero-order chi connectivity index (χ0) is 25.7. The second-order valence-electron chi connectivity index (χ2n) is 6.88. The lowest BCUT2D eigenvalue weighted by atomic mass is 10.2. The smallest absolute Gasteiger partial charge is 0.331 e. The monoisotopic (exact) mass is 543 g/mol. The molecule has 1 aromatic heterocycles. The molecule has 0 unspecified atom stereocenters. The molecule has 0 atom stereocenters. The van der Waals surface area contributed by atoms with Gasteiger partial charge in [-0.05, 0) is 108 Å². The van der Waals surface area contributed by atoms with Gasteiger partial charge < -0.3 is 14.2 Å². The van der Waals surface area contributed by atoms with Gasteiger partial charge in [-0.1, -0.05) is 0 Å². The maximum absolute atomic E-state index is 11.3. The normalized spacial score (nSPS) is 10.4. The first kappa shape index (κ1) is 25.1. The summed E-state index contributed by atoms with van der Waals surface area (Å²) in [5.41, 5.74) is 0.848. The van der Waals surface area contributed by atoms with E-state index in [2.05, 4.69) is 15.0 Å². The standard InChI is InChI=1S/C24H12Cl3N3O6/c25-19(31)13-1-7-16(8-2-13)34-22-28-23(35-17-9-3-14(4-10-17)20(26)32)30-24(29-22)36-18-11-5-15(6-12-18)21(27)33/h1-12H. The van der Waals surface area contributed by atoms with Crippen LogP contribution in [0.1, 0.15) is 31.1 Å². The maximum Gasteiger partial charge on any atom is 0.331 e. The van der Waals surface area contributed by atoms with Crippen LogP contribution in [0, 0.1) is 0 Å². The van der Waals surface area contributed by atoms with Gasteiger partial charge in [0, 0.05) is 16.7 Å². The molecule has 0 aliphatic rings. The van der Waals surface area contributed by atoms with Crippen molar-refractivity contribution in [2.45, 2.75) is 0 Å². The maximum atomic E-state index is 11.3. The van der Waals surface area contributed by atoms with Gasteiger partial charge in [0.15, 0.2) is 0 Å². The van der Waals surface area contributed by atoms with Gasteiger partial charge in [-0.3, -0.25) is 14.4 Å². The summed E-state index contributed by atoms with van der Waals surface area (Å²) < 4.78 is 17.0. The SMILES string of the molecule is O=C(Cl)c1ccc(Oc2nc(Oc3ccc(C(=O)Cl)cc3)nc(Oc3ccc(C(=O)Cl)cc3)n2)cc1. The predicted octanol–water partition coefficient (Wildman–Crippen LogP) is 6.39. The van der Waals surface area contributed by atoms with Crippen LogP contribution in [-0.4, -0.2) is 30.7 Å². The van der Waals surface area contributed by atoms with Crippen LogP contribution in [0.15, 0.2) is 72.8 Å². The predicted molar refractivity (Wildman–Crippen MR) is 130 cm³/mol. The van der Waals surface area contributed by atoms with E-state index in [1.807, 2.05) is 0 Å². The summed E-state index contributed by atoms with van der Waals surface area (Å²) in [5.74, 6) is 0.902. The molecule has 36 heavy (non-hydrogen) atoms. The molecule has 0 fully saturated rings. The largest absolute Gasteiger partial charge is 0.424 e. The van der Waals surface area contributed by atoms with Crippen molar-refractivity contribution in [3.05, 3.63) is 89.5 Å². The highest BCUT2D eigenvalue weighted by Gasteiger charge is 2.14. The number of nitrogens with zero attached hydrogens (tertiary/aromatic N) is 3. The van der Waals surface area contributed by atoms with Crippen molar-refractivity contribution in [1.82, 2.24) is 15.0 Å². The lowest BCUT2D eigenvalue weighted by Crippen LogP contribution is -2.01. The van der Waals surface area contributed by atoms with E-state index in [1.165, 1.54) is 72.8 Å². The van der Waals surface area contributed by atoms with Crippen LogP contribution in [0.5, 0.6) is 35.3 Å². The first-order chi connectivity index (χ1) is 17.3. The van der Waals surface area contributed by atoms with Crippen LogP contribution >= 0.6 is 34.8 Å². The Kier molecular flexibility index (Phi) is 7.74. The number of rotatable bonds is 9. The minimum Gasteiger partial charge on any atom is -0.424 e. The summed E-state index contributed by atoms with van der Waals surface area (Å²) >= 11 is 16.4. The molecule has 0 radical (unpaired) electrons. The average Bonchev–Trinajstić information content (AvgIpc) is 2.85. The Morgan fingerprint density at radius 1 is 0.444 bits per heavy atom. The van der Waals surface area contributed by atoms with Crippen molar-refractivity contribution in [3.8, 4) is 35.3 Å². The fraction of sp³-hybridized carbons (Fsp3) is 0. The van der Waals surface area contributed by atoms with Crippen LogP contribution in [0.25, 0.3) is 0 Å². The third-order valence-corrected chi connectivity index (χ3v) is 5.10. The molecule has 3 aromatic carbocycles. The third-order valence-electron chi connectivity index (χ3n) is 4.45. The molecule has 4 rings (SSSR count). The Labute approximate surface area is 218 Å². The number of benzene rings is 3. The van der Waals surface area contributed by atoms with E-state index in [4.69, 9.17) is 49.0 Å². The zero-order valence-corrected chi connectivity index (χ0v) is 20.1. The van der Waals surface area contributed by atoms with Gasteiger partial charge >= 0.3 is 18.0 Å². The summed E-state index contributed by atoms with van der Waals surface area (Å²) in [5, 5.41) is -1.84. The van der Waals surface area contributed by atoms with E-state index in [-0.39, 0.29) is 34.7 Å². The zero-order valence-electron chi connectivity index (χ0n) is 17.9. The molecule has 0 saturated carbocycles. The molecule has 0 saturated heterocycles. The van der Waals surface area contributed by atoms with Gasteiger partial charge in [0.25, 0.3) is 15.7 Å². The molecule has 180 valence electrons. The number of carbonyl (C=O) groups excluding carboxylic acids is 3. The molecule has 4 aromatic rings. The highest BCUT2D eigenvalue weighted by molar-refractivity contribution is 6.68. The van der Waals surface area contributed by atoms with Crippen molar-refractivity contribution >= 4 is 50.5 Å². The molecule has 0 aliphatic heterocycles. The van der Waals surface area contributed by atoms with Crippen LogP contribution in [0.4, 0.5) is 0 Å². The van der Waals surface area contributed by atoms with Crippen LogP contribution in [-0.2, 0) is 0 Å². The van der Waals surface area contributed by atoms with Crippen molar-refractivity contribution in [1.29, 1.82) is 0 Å². The number of halogens is 3. The van der Waals surface area contributed by atoms with Crippen molar-refractivity contribution in [2.75, 3.05) is 0 Å². The highest BCUT2D eigenvalue weighted by Crippen LogP contribution is 2.27. The highest BCUT2D eigenvalue weighted by atomic mass is 35.5. The quantitative estimate of drug-likeness (QED) is 0.221.